The number of carbonyl (C=O) groups is 3. The molecule has 3 aromatic rings. The molecule has 244 valence electrons. The van der Waals surface area contributed by atoms with Gasteiger partial charge >= 0.3 is 0 Å². The highest BCUT2D eigenvalue weighted by molar-refractivity contribution is 6.72. The molecule has 2 heterocycles. The van der Waals surface area contributed by atoms with Crippen LogP contribution in [0.15, 0.2) is 78.9 Å². The minimum absolute atomic E-state index is 0.0984. The predicted octanol–water partition coefficient (Wildman–Crippen LogP) is 4.74. The second-order valence-electron chi connectivity index (χ2n) is 12.8. The number of fused-ring (bicyclic) bond motifs is 2. The fourth-order valence-electron chi connectivity index (χ4n) is 7.01. The van der Waals surface area contributed by atoms with Crippen molar-refractivity contribution in [2.75, 3.05) is 23.4 Å². The second-order valence-corrected chi connectivity index (χ2v) is 16.6. The fraction of sp³-hybridized carbons (Fsp3) is 0.400. The van der Waals surface area contributed by atoms with E-state index in [4.69, 9.17) is 4.74 Å². The number of hydrogen-bond donors (Lipinski definition) is 3. The standard InChI is InChI=1S/C35H42FN3O6Si/c1-23-32(46(3,4)36)30(20-31(42)38(17-18-40)21-25-11-7-5-8-12-25)45-35(23)28-19-27(37-33(43)24(2)41)15-16-29(28)39(34(35)44)22-26-13-9-6-10-14-26/h5-16,19,23-24,30,32,40-41H,17-18,20-22H2,1-4H3,(H,37,43)/t23-,24-,30+,32-,35+/m0/s1. The number of aliphatic hydroxyl groups excluding tert-OH is 2. The van der Waals surface area contributed by atoms with E-state index in [-0.39, 0.29) is 44.5 Å². The molecule has 9 nitrogen and oxygen atoms in total. The molecule has 1 spiro atoms. The summed E-state index contributed by atoms with van der Waals surface area (Å²) in [6.45, 7) is 6.70. The lowest BCUT2D eigenvalue weighted by Gasteiger charge is -2.31. The van der Waals surface area contributed by atoms with Crippen LogP contribution < -0.4 is 10.2 Å². The van der Waals surface area contributed by atoms with E-state index in [1.165, 1.54) is 11.8 Å². The Labute approximate surface area is 270 Å². The number of nitrogens with one attached hydrogen (secondary N) is 1. The third-order valence-electron chi connectivity index (χ3n) is 9.11. The molecule has 46 heavy (non-hydrogen) atoms. The van der Waals surface area contributed by atoms with E-state index in [0.717, 1.165) is 11.1 Å². The summed E-state index contributed by atoms with van der Waals surface area (Å²) in [6, 6.07) is 24.0. The summed E-state index contributed by atoms with van der Waals surface area (Å²) >= 11 is 0. The van der Waals surface area contributed by atoms with E-state index in [0.29, 0.717) is 16.9 Å². The first-order chi connectivity index (χ1) is 21.9. The Bertz CT molecular complexity index is 1570. The van der Waals surface area contributed by atoms with Gasteiger partial charge in [0.05, 0.1) is 31.4 Å². The third kappa shape index (κ3) is 6.50. The number of aliphatic hydroxyl groups is 2. The maximum Gasteiger partial charge on any atom is 0.264 e. The van der Waals surface area contributed by atoms with Gasteiger partial charge in [-0.25, -0.2) is 0 Å². The maximum absolute atomic E-state index is 16.3. The number of halogens is 1. The van der Waals surface area contributed by atoms with Crippen molar-refractivity contribution in [2.45, 2.75) is 69.8 Å². The van der Waals surface area contributed by atoms with Gasteiger partial charge in [-0.15, -0.1) is 0 Å². The summed E-state index contributed by atoms with van der Waals surface area (Å²) in [7, 11) is -3.56. The molecule has 3 aromatic carbocycles. The van der Waals surface area contributed by atoms with Crippen LogP contribution >= 0.6 is 0 Å². The third-order valence-corrected chi connectivity index (χ3v) is 11.6. The molecule has 0 unspecified atom stereocenters. The number of nitrogens with zero attached hydrogens (tertiary/aromatic N) is 2. The van der Waals surface area contributed by atoms with Crippen LogP contribution in [0.4, 0.5) is 15.5 Å². The minimum Gasteiger partial charge on any atom is -0.395 e. The summed E-state index contributed by atoms with van der Waals surface area (Å²) < 4.78 is 23.1. The van der Waals surface area contributed by atoms with Crippen LogP contribution in [0.1, 0.15) is 37.0 Å². The van der Waals surface area contributed by atoms with E-state index in [9.17, 15) is 24.6 Å². The van der Waals surface area contributed by atoms with Gasteiger partial charge in [0.15, 0.2) is 5.60 Å². The SMILES string of the molecule is C[C@H](O)C(=O)Nc1ccc2c(c1)[C@@]1(O[C@H](CC(=O)N(CCO)Cc3ccccc3)[C@@H]([Si](C)(C)F)[C@@H]1C)C(=O)N2Cc1ccccc1. The zero-order chi connectivity index (χ0) is 33.2. The Morgan fingerprint density at radius 1 is 1.07 bits per heavy atom. The molecular formula is C35H42FN3O6Si. The van der Waals surface area contributed by atoms with E-state index < -0.39 is 43.6 Å². The molecule has 5 atom stereocenters. The number of anilines is 2. The smallest absolute Gasteiger partial charge is 0.264 e. The lowest BCUT2D eigenvalue weighted by molar-refractivity contribution is -0.150. The highest BCUT2D eigenvalue weighted by atomic mass is 28.4. The van der Waals surface area contributed by atoms with Gasteiger partial charge in [-0.2, -0.15) is 0 Å². The first-order valence-electron chi connectivity index (χ1n) is 15.7. The molecule has 11 heteroatoms. The summed E-state index contributed by atoms with van der Waals surface area (Å²) in [5.41, 5.74) is 0.877. The largest absolute Gasteiger partial charge is 0.395 e. The van der Waals surface area contributed by atoms with Gasteiger partial charge in [-0.05, 0) is 49.3 Å². The normalized spacial score (nSPS) is 23.0. The van der Waals surface area contributed by atoms with Crippen molar-refractivity contribution < 1.29 is 33.4 Å². The van der Waals surface area contributed by atoms with Crippen LogP contribution in [0.25, 0.3) is 0 Å². The summed E-state index contributed by atoms with van der Waals surface area (Å²) in [5, 5.41) is 22.2. The van der Waals surface area contributed by atoms with Crippen molar-refractivity contribution >= 4 is 37.5 Å². The average molecular weight is 648 g/mol. The van der Waals surface area contributed by atoms with Crippen LogP contribution in [0, 0.1) is 5.92 Å². The highest BCUT2D eigenvalue weighted by Crippen LogP contribution is 2.60. The van der Waals surface area contributed by atoms with E-state index in [1.807, 2.05) is 67.6 Å². The molecule has 1 fully saturated rings. The molecule has 3 N–H and O–H groups in total. The quantitative estimate of drug-likeness (QED) is 0.204. The van der Waals surface area contributed by atoms with Crippen molar-refractivity contribution in [1.82, 2.24) is 4.90 Å². The molecule has 3 amide bonds. The molecule has 0 radical (unpaired) electrons. The second kappa shape index (κ2) is 13.4. The average Bonchev–Trinajstić information content (AvgIpc) is 3.44. The fourth-order valence-corrected chi connectivity index (χ4v) is 9.51. The zero-order valence-corrected chi connectivity index (χ0v) is 27.7. The van der Waals surface area contributed by atoms with Gasteiger partial charge in [-0.1, -0.05) is 67.6 Å². The molecule has 2 aliphatic rings. The van der Waals surface area contributed by atoms with Crippen LogP contribution in [0.5, 0.6) is 0 Å². The number of rotatable bonds is 11. The predicted molar refractivity (Wildman–Crippen MR) is 176 cm³/mol. The van der Waals surface area contributed by atoms with Crippen molar-refractivity contribution in [3.05, 3.63) is 95.6 Å². The van der Waals surface area contributed by atoms with Gasteiger partial charge in [0, 0.05) is 35.8 Å². The molecule has 0 aliphatic carbocycles. The lowest BCUT2D eigenvalue weighted by Crippen LogP contribution is -2.45. The Morgan fingerprint density at radius 2 is 1.70 bits per heavy atom. The molecule has 5 rings (SSSR count). The minimum atomic E-state index is -3.56. The van der Waals surface area contributed by atoms with Crippen LogP contribution in [0.2, 0.25) is 18.6 Å². The van der Waals surface area contributed by atoms with Gasteiger partial charge in [-0.3, -0.25) is 14.4 Å². The van der Waals surface area contributed by atoms with Gasteiger partial charge in [0.1, 0.15) is 6.10 Å². The first kappa shape index (κ1) is 33.5. The van der Waals surface area contributed by atoms with E-state index >= 15 is 4.11 Å². The summed E-state index contributed by atoms with van der Waals surface area (Å²) in [6.07, 6.45) is -2.32. The van der Waals surface area contributed by atoms with Crippen molar-refractivity contribution in [3.8, 4) is 0 Å². The topological polar surface area (TPSA) is 119 Å². The Hall–Kier alpha value is -3.90. The molecule has 0 bridgehead atoms. The van der Waals surface area contributed by atoms with Crippen molar-refractivity contribution in [1.29, 1.82) is 0 Å². The number of benzene rings is 3. The number of amides is 3. The summed E-state index contributed by atoms with van der Waals surface area (Å²) in [4.78, 5) is 44.0. The number of ether oxygens (including phenoxy) is 1. The van der Waals surface area contributed by atoms with Gasteiger partial charge in [0.25, 0.3) is 11.8 Å². The number of hydrogen-bond acceptors (Lipinski definition) is 6. The van der Waals surface area contributed by atoms with E-state index in [1.54, 1.807) is 36.2 Å². The van der Waals surface area contributed by atoms with Crippen molar-refractivity contribution in [2.24, 2.45) is 5.92 Å². The highest BCUT2D eigenvalue weighted by Gasteiger charge is 2.67. The first-order valence-corrected chi connectivity index (χ1v) is 18.6. The Kier molecular flexibility index (Phi) is 9.78. The Balaban J connectivity index is 1.55. The molecular weight excluding hydrogens is 605 g/mol. The van der Waals surface area contributed by atoms with Crippen LogP contribution in [0.3, 0.4) is 0 Å². The van der Waals surface area contributed by atoms with Gasteiger partial charge in [0.2, 0.25) is 14.3 Å². The molecule has 0 saturated carbocycles. The molecule has 2 aliphatic heterocycles. The zero-order valence-electron chi connectivity index (χ0n) is 26.7. The van der Waals surface area contributed by atoms with Crippen molar-refractivity contribution in [3.63, 3.8) is 0 Å². The number of carbonyl (C=O) groups excluding carboxylic acids is 3. The Morgan fingerprint density at radius 3 is 2.28 bits per heavy atom. The maximum atomic E-state index is 16.3. The summed E-state index contributed by atoms with van der Waals surface area (Å²) in [5.74, 6) is -1.92. The van der Waals surface area contributed by atoms with E-state index in [2.05, 4.69) is 5.32 Å². The van der Waals surface area contributed by atoms with Crippen LogP contribution in [-0.2, 0) is 37.8 Å². The molecule has 0 aromatic heterocycles. The lowest BCUT2D eigenvalue weighted by atomic mass is 9.82. The van der Waals surface area contributed by atoms with Crippen LogP contribution in [-0.4, -0.2) is 66.6 Å². The molecule has 1 saturated heterocycles. The van der Waals surface area contributed by atoms with Gasteiger partial charge < -0.3 is 34.2 Å². The monoisotopic (exact) mass is 647 g/mol.